The zero-order valence-electron chi connectivity index (χ0n) is 17.7. The first-order chi connectivity index (χ1) is 14.9. The van der Waals surface area contributed by atoms with Gasteiger partial charge in [0.15, 0.2) is 0 Å². The van der Waals surface area contributed by atoms with Crippen LogP contribution >= 0.6 is 23.2 Å². The summed E-state index contributed by atoms with van der Waals surface area (Å²) >= 11 is 12.1. The summed E-state index contributed by atoms with van der Waals surface area (Å²) in [6.45, 7) is 4.73. The first-order valence-electron chi connectivity index (χ1n) is 10.9. The molecule has 1 amide bonds. The Kier molecular flexibility index (Phi) is 5.71. The number of rotatable bonds is 5. The Morgan fingerprint density at radius 1 is 1.23 bits per heavy atom. The van der Waals surface area contributed by atoms with E-state index < -0.39 is 5.60 Å². The number of carbonyl (C=O) groups is 1. The van der Waals surface area contributed by atoms with Crippen molar-refractivity contribution >= 4 is 29.1 Å². The van der Waals surface area contributed by atoms with E-state index in [1.54, 1.807) is 0 Å². The summed E-state index contributed by atoms with van der Waals surface area (Å²) in [6, 6.07) is 1.50. The van der Waals surface area contributed by atoms with Crippen LogP contribution in [0.2, 0.25) is 10.2 Å². The largest absolute Gasteiger partial charge is 0.365 e. The smallest absolute Gasteiger partial charge is 0.256 e. The fourth-order valence-electron chi connectivity index (χ4n) is 4.80. The van der Waals surface area contributed by atoms with Gasteiger partial charge in [0, 0.05) is 58.0 Å². The topological polar surface area (TPSA) is 63.5 Å². The van der Waals surface area contributed by atoms with Gasteiger partial charge in [0.05, 0.1) is 22.9 Å². The van der Waals surface area contributed by atoms with E-state index >= 15 is 0 Å². The van der Waals surface area contributed by atoms with Crippen LogP contribution in [-0.4, -0.2) is 63.5 Å². The molecule has 5 rings (SSSR count). The Balaban J connectivity index is 1.29. The minimum absolute atomic E-state index is 0.120. The van der Waals surface area contributed by atoms with Crippen molar-refractivity contribution < 1.29 is 9.53 Å². The fourth-order valence-corrected chi connectivity index (χ4v) is 5.25. The van der Waals surface area contributed by atoms with Crippen molar-refractivity contribution in [3.05, 3.63) is 45.7 Å². The molecule has 0 unspecified atom stereocenters. The maximum Gasteiger partial charge on any atom is 0.256 e. The summed E-state index contributed by atoms with van der Waals surface area (Å²) < 4.78 is 8.65. The Morgan fingerprint density at radius 3 is 2.71 bits per heavy atom. The molecule has 0 N–H and O–H groups in total. The fraction of sp³-hybridized carbons (Fsp3) is 0.591. The second-order valence-corrected chi connectivity index (χ2v) is 9.78. The molecule has 3 aliphatic rings. The average molecular weight is 464 g/mol. The van der Waals surface area contributed by atoms with Crippen molar-refractivity contribution in [3.8, 4) is 0 Å². The first-order valence-corrected chi connectivity index (χ1v) is 11.7. The van der Waals surface area contributed by atoms with E-state index in [0.29, 0.717) is 43.1 Å². The van der Waals surface area contributed by atoms with Crippen molar-refractivity contribution in [2.75, 3.05) is 33.3 Å². The summed E-state index contributed by atoms with van der Waals surface area (Å²) in [5, 5.41) is 0.606. The zero-order valence-corrected chi connectivity index (χ0v) is 19.2. The van der Waals surface area contributed by atoms with Gasteiger partial charge in [0.1, 0.15) is 16.6 Å². The molecule has 2 fully saturated rings. The molecule has 4 heterocycles. The highest BCUT2D eigenvalue weighted by molar-refractivity contribution is 6.36. The number of imidazole rings is 1. The number of pyridine rings is 1. The zero-order chi connectivity index (χ0) is 21.6. The van der Waals surface area contributed by atoms with E-state index in [1.165, 1.54) is 30.8 Å². The van der Waals surface area contributed by atoms with E-state index in [2.05, 4.69) is 21.5 Å². The summed E-state index contributed by atoms with van der Waals surface area (Å²) in [4.78, 5) is 26.0. The van der Waals surface area contributed by atoms with Gasteiger partial charge in [0.2, 0.25) is 0 Å². The minimum atomic E-state index is -0.426. The third-order valence-corrected chi connectivity index (χ3v) is 7.17. The van der Waals surface area contributed by atoms with Crippen molar-refractivity contribution in [1.29, 1.82) is 0 Å². The van der Waals surface area contributed by atoms with Crippen LogP contribution in [0.15, 0.2) is 18.5 Å². The van der Waals surface area contributed by atoms with Crippen molar-refractivity contribution in [1.82, 2.24) is 24.3 Å². The molecule has 2 aromatic rings. The maximum absolute atomic E-state index is 13.0. The van der Waals surface area contributed by atoms with Crippen molar-refractivity contribution in [2.45, 2.75) is 44.4 Å². The van der Waals surface area contributed by atoms with Crippen LogP contribution in [0.5, 0.6) is 0 Å². The number of hydrogen-bond acceptors (Lipinski definition) is 5. The molecule has 1 saturated heterocycles. The second kappa shape index (κ2) is 8.35. The second-order valence-electron chi connectivity index (χ2n) is 8.99. The number of carbonyl (C=O) groups excluding carboxylic acids is 1. The average Bonchev–Trinajstić information content (AvgIpc) is 3.46. The monoisotopic (exact) mass is 463 g/mol. The summed E-state index contributed by atoms with van der Waals surface area (Å²) in [5.74, 6) is 1.76. The SMILES string of the molecule is CN(Cc1cnc2n1CCOC21CCN(C(=O)c2cnc(Cl)cc2Cl)CC1)CC1CC1. The summed E-state index contributed by atoms with van der Waals surface area (Å²) in [6.07, 6.45) is 7.60. The third-order valence-electron chi connectivity index (χ3n) is 6.65. The van der Waals surface area contributed by atoms with Gasteiger partial charge < -0.3 is 19.1 Å². The van der Waals surface area contributed by atoms with Crippen molar-refractivity contribution in [2.24, 2.45) is 5.92 Å². The van der Waals surface area contributed by atoms with Gasteiger partial charge in [-0.3, -0.25) is 4.79 Å². The van der Waals surface area contributed by atoms with E-state index in [9.17, 15) is 4.79 Å². The number of halogens is 2. The lowest BCUT2D eigenvalue weighted by atomic mass is 9.89. The van der Waals surface area contributed by atoms with Crippen LogP contribution in [0.4, 0.5) is 0 Å². The van der Waals surface area contributed by atoms with Gasteiger partial charge in [-0.1, -0.05) is 23.2 Å². The van der Waals surface area contributed by atoms with E-state index in [4.69, 9.17) is 32.9 Å². The number of hydrogen-bond donors (Lipinski definition) is 0. The third kappa shape index (κ3) is 4.21. The Labute approximate surface area is 192 Å². The van der Waals surface area contributed by atoms with Crippen LogP contribution in [0.1, 0.15) is 47.6 Å². The molecule has 0 atom stereocenters. The van der Waals surface area contributed by atoms with Crippen molar-refractivity contribution in [3.63, 3.8) is 0 Å². The quantitative estimate of drug-likeness (QED) is 0.633. The van der Waals surface area contributed by atoms with Gasteiger partial charge in [0.25, 0.3) is 5.91 Å². The molecule has 2 aromatic heterocycles. The van der Waals surface area contributed by atoms with E-state index in [1.807, 2.05) is 11.1 Å². The molecule has 1 spiro atoms. The maximum atomic E-state index is 13.0. The van der Waals surface area contributed by atoms with E-state index in [0.717, 1.165) is 31.4 Å². The van der Waals surface area contributed by atoms with Crippen LogP contribution in [-0.2, 0) is 23.4 Å². The van der Waals surface area contributed by atoms with E-state index in [-0.39, 0.29) is 11.1 Å². The molecular formula is C22H27Cl2N5O2. The molecule has 9 heteroatoms. The molecule has 31 heavy (non-hydrogen) atoms. The molecule has 0 bridgehead atoms. The molecule has 1 aliphatic carbocycles. The standard InChI is InChI=1S/C22H27Cl2N5O2/c1-27(13-15-2-3-15)14-16-11-26-21-22(31-9-8-29(16)21)4-6-28(7-5-22)20(30)17-12-25-19(24)10-18(17)23/h10-12,15H,2-9,13-14H2,1H3. The number of likely N-dealkylation sites (tertiary alicyclic amines) is 1. The number of ether oxygens (including phenoxy) is 1. The Morgan fingerprint density at radius 2 is 2.00 bits per heavy atom. The summed E-state index contributed by atoms with van der Waals surface area (Å²) in [5.41, 5.74) is 1.21. The van der Waals surface area contributed by atoms with Gasteiger partial charge in [-0.25, -0.2) is 9.97 Å². The van der Waals surface area contributed by atoms with Crippen LogP contribution in [0, 0.1) is 5.92 Å². The molecular weight excluding hydrogens is 437 g/mol. The predicted octanol–water partition coefficient (Wildman–Crippen LogP) is 3.59. The van der Waals surface area contributed by atoms with Gasteiger partial charge in [-0.05, 0) is 31.9 Å². The molecule has 0 radical (unpaired) electrons. The number of nitrogens with zero attached hydrogens (tertiary/aromatic N) is 5. The molecule has 166 valence electrons. The minimum Gasteiger partial charge on any atom is -0.365 e. The number of piperidine rings is 1. The Bertz CT molecular complexity index is 982. The van der Waals surface area contributed by atoms with Gasteiger partial charge in [-0.15, -0.1) is 0 Å². The number of amides is 1. The normalized spacial score (nSPS) is 20.3. The molecule has 2 aliphatic heterocycles. The molecule has 0 aromatic carbocycles. The van der Waals surface area contributed by atoms with Crippen LogP contribution < -0.4 is 0 Å². The number of fused-ring (bicyclic) bond motifs is 2. The Hall–Kier alpha value is -1.67. The van der Waals surface area contributed by atoms with Gasteiger partial charge in [-0.2, -0.15) is 0 Å². The van der Waals surface area contributed by atoms with Crippen LogP contribution in [0.25, 0.3) is 0 Å². The summed E-state index contributed by atoms with van der Waals surface area (Å²) in [7, 11) is 2.19. The molecule has 1 saturated carbocycles. The van der Waals surface area contributed by atoms with Crippen LogP contribution in [0.3, 0.4) is 0 Å². The highest BCUT2D eigenvalue weighted by Crippen LogP contribution is 2.39. The lowest BCUT2D eigenvalue weighted by Gasteiger charge is -2.43. The highest BCUT2D eigenvalue weighted by atomic mass is 35.5. The predicted molar refractivity (Wildman–Crippen MR) is 118 cm³/mol. The van der Waals surface area contributed by atoms with Gasteiger partial charge >= 0.3 is 0 Å². The highest BCUT2D eigenvalue weighted by Gasteiger charge is 2.44. The lowest BCUT2D eigenvalue weighted by molar-refractivity contribution is -0.112. The first kappa shape index (κ1) is 21.2. The lowest BCUT2D eigenvalue weighted by Crippen LogP contribution is -2.50. The molecule has 7 nitrogen and oxygen atoms in total. The number of aromatic nitrogens is 3.